The minimum Gasteiger partial charge on any atom is -0.469 e. The summed E-state index contributed by atoms with van der Waals surface area (Å²) in [5.74, 6) is 0.712. The fourth-order valence-corrected chi connectivity index (χ4v) is 5.02. The van der Waals surface area contributed by atoms with Crippen molar-refractivity contribution in [3.63, 3.8) is 0 Å². The molecule has 1 unspecified atom stereocenters. The Labute approximate surface area is 223 Å². The van der Waals surface area contributed by atoms with Crippen LogP contribution in [0.2, 0.25) is 0 Å². The first-order valence-electron chi connectivity index (χ1n) is 13.2. The summed E-state index contributed by atoms with van der Waals surface area (Å²) in [5.41, 5.74) is 5.32. The molecule has 0 aliphatic carbocycles. The van der Waals surface area contributed by atoms with E-state index in [2.05, 4.69) is 33.7 Å². The standard InChI is InChI=1S/C29H36N6O3/c1-19-17-31-26-15-22(16-27(34(19)26)37-21(3)25-9-7-8-12-30-25)24-18-32-35(20(24)2)23-10-13-33(14-11-23)28(36)38-29(4,5)6/h7-9,12,15-18,21,23H,10-11,13-14H2,1-6H3. The highest BCUT2D eigenvalue weighted by atomic mass is 16.6. The second kappa shape index (κ2) is 10.1. The Morgan fingerprint density at radius 1 is 1.08 bits per heavy atom. The summed E-state index contributed by atoms with van der Waals surface area (Å²) in [5, 5.41) is 4.77. The van der Waals surface area contributed by atoms with E-state index in [1.807, 2.05) is 69.6 Å². The normalized spacial score (nSPS) is 15.6. The molecule has 9 nitrogen and oxygen atoms in total. The van der Waals surface area contributed by atoms with Crippen LogP contribution in [0.4, 0.5) is 4.79 Å². The molecule has 1 aliphatic heterocycles. The lowest BCUT2D eigenvalue weighted by Gasteiger charge is -2.33. The lowest BCUT2D eigenvalue weighted by molar-refractivity contribution is 0.0184. The van der Waals surface area contributed by atoms with E-state index >= 15 is 0 Å². The van der Waals surface area contributed by atoms with Crippen molar-refractivity contribution in [3.8, 4) is 17.0 Å². The van der Waals surface area contributed by atoms with E-state index in [0.717, 1.165) is 46.7 Å². The molecule has 1 fully saturated rings. The van der Waals surface area contributed by atoms with Crippen LogP contribution < -0.4 is 4.74 Å². The molecule has 1 saturated heterocycles. The van der Waals surface area contributed by atoms with Crippen molar-refractivity contribution in [2.45, 2.75) is 72.1 Å². The van der Waals surface area contributed by atoms with Gasteiger partial charge in [-0.1, -0.05) is 6.07 Å². The van der Waals surface area contributed by atoms with Crippen molar-refractivity contribution in [1.82, 2.24) is 29.0 Å². The highest BCUT2D eigenvalue weighted by Crippen LogP contribution is 2.34. The third-order valence-corrected chi connectivity index (χ3v) is 6.97. The molecule has 0 bridgehead atoms. The maximum atomic E-state index is 12.5. The van der Waals surface area contributed by atoms with E-state index in [1.165, 1.54) is 0 Å². The number of ether oxygens (including phenoxy) is 2. The van der Waals surface area contributed by atoms with Gasteiger partial charge in [-0.2, -0.15) is 5.10 Å². The number of aromatic nitrogens is 5. The number of amides is 1. The molecule has 38 heavy (non-hydrogen) atoms. The number of piperidine rings is 1. The SMILES string of the molecule is Cc1c(-c2cc(OC(C)c3ccccn3)n3c(C)cnc3c2)cnn1C1CCN(C(=O)OC(C)(C)C)CC1. The van der Waals surface area contributed by atoms with Gasteiger partial charge in [0.25, 0.3) is 0 Å². The largest absolute Gasteiger partial charge is 0.469 e. The van der Waals surface area contributed by atoms with E-state index in [0.29, 0.717) is 19.0 Å². The van der Waals surface area contributed by atoms with E-state index in [1.54, 1.807) is 11.1 Å². The Morgan fingerprint density at radius 2 is 1.84 bits per heavy atom. The molecule has 0 N–H and O–H groups in total. The first-order chi connectivity index (χ1) is 18.1. The topological polar surface area (TPSA) is 86.8 Å². The van der Waals surface area contributed by atoms with Gasteiger partial charge in [0.15, 0.2) is 0 Å². The number of nitrogens with zero attached hydrogens (tertiary/aromatic N) is 6. The van der Waals surface area contributed by atoms with Crippen molar-refractivity contribution in [1.29, 1.82) is 0 Å². The number of carbonyl (C=O) groups excluding carboxylic acids is 1. The molecule has 0 saturated carbocycles. The van der Waals surface area contributed by atoms with Crippen molar-refractivity contribution in [2.24, 2.45) is 0 Å². The fraction of sp³-hybridized carbons (Fsp3) is 0.448. The van der Waals surface area contributed by atoms with Crippen molar-refractivity contribution < 1.29 is 14.3 Å². The maximum Gasteiger partial charge on any atom is 0.410 e. The van der Waals surface area contributed by atoms with Crippen LogP contribution in [0, 0.1) is 13.8 Å². The molecule has 1 aliphatic rings. The minimum absolute atomic E-state index is 0.222. The number of likely N-dealkylation sites (tertiary alicyclic amines) is 1. The molecule has 5 rings (SSSR count). The number of aryl methyl sites for hydroxylation is 1. The molecular formula is C29H36N6O3. The predicted molar refractivity (Wildman–Crippen MR) is 145 cm³/mol. The van der Waals surface area contributed by atoms with Gasteiger partial charge in [0, 0.05) is 48.5 Å². The predicted octanol–water partition coefficient (Wildman–Crippen LogP) is 5.92. The quantitative estimate of drug-likeness (QED) is 0.327. The molecule has 9 heteroatoms. The average molecular weight is 517 g/mol. The van der Waals surface area contributed by atoms with Gasteiger partial charge in [0.05, 0.1) is 17.9 Å². The van der Waals surface area contributed by atoms with E-state index in [-0.39, 0.29) is 18.2 Å². The number of carbonyl (C=O) groups is 1. The zero-order valence-electron chi connectivity index (χ0n) is 23.0. The van der Waals surface area contributed by atoms with Gasteiger partial charge in [-0.05, 0) is 78.1 Å². The highest BCUT2D eigenvalue weighted by molar-refractivity contribution is 5.71. The highest BCUT2D eigenvalue weighted by Gasteiger charge is 2.29. The van der Waals surface area contributed by atoms with E-state index < -0.39 is 5.60 Å². The number of imidazole rings is 1. The first-order valence-corrected chi connectivity index (χ1v) is 13.2. The van der Waals surface area contributed by atoms with E-state index in [9.17, 15) is 4.79 Å². The third-order valence-electron chi connectivity index (χ3n) is 6.97. The van der Waals surface area contributed by atoms with Crippen LogP contribution in [0.3, 0.4) is 0 Å². The first kappa shape index (κ1) is 25.8. The Balaban J connectivity index is 1.38. The molecule has 1 atom stereocenters. The second-order valence-corrected chi connectivity index (χ2v) is 11.0. The molecule has 0 spiro atoms. The fourth-order valence-electron chi connectivity index (χ4n) is 5.02. The van der Waals surface area contributed by atoms with Gasteiger partial charge in [0.1, 0.15) is 17.4 Å². The summed E-state index contributed by atoms with van der Waals surface area (Å²) in [6, 6.07) is 10.2. The molecular weight excluding hydrogens is 480 g/mol. The molecule has 4 aromatic rings. The summed E-state index contributed by atoms with van der Waals surface area (Å²) in [4.78, 5) is 23.3. The van der Waals surface area contributed by atoms with Crippen LogP contribution in [0.15, 0.2) is 48.9 Å². The molecule has 5 heterocycles. The summed E-state index contributed by atoms with van der Waals surface area (Å²) in [7, 11) is 0. The zero-order valence-corrected chi connectivity index (χ0v) is 23.0. The summed E-state index contributed by atoms with van der Waals surface area (Å²) in [6.07, 6.45) is 6.74. The van der Waals surface area contributed by atoms with Crippen molar-refractivity contribution >= 4 is 11.7 Å². The van der Waals surface area contributed by atoms with Crippen molar-refractivity contribution in [2.75, 3.05) is 13.1 Å². The maximum absolute atomic E-state index is 12.5. The lowest BCUT2D eigenvalue weighted by atomic mass is 10.0. The van der Waals surface area contributed by atoms with Gasteiger partial charge in [-0.25, -0.2) is 9.78 Å². The van der Waals surface area contributed by atoms with Crippen LogP contribution in [0.25, 0.3) is 16.8 Å². The van der Waals surface area contributed by atoms with Gasteiger partial charge in [-0.15, -0.1) is 0 Å². The number of pyridine rings is 2. The van der Waals surface area contributed by atoms with E-state index in [4.69, 9.17) is 14.6 Å². The molecule has 4 aromatic heterocycles. The Kier molecular flexibility index (Phi) is 6.86. The van der Waals surface area contributed by atoms with Crippen LogP contribution in [0.5, 0.6) is 5.88 Å². The second-order valence-electron chi connectivity index (χ2n) is 11.0. The molecule has 200 valence electrons. The van der Waals surface area contributed by atoms with Crippen LogP contribution in [-0.2, 0) is 4.74 Å². The summed E-state index contributed by atoms with van der Waals surface area (Å²) in [6.45, 7) is 13.1. The van der Waals surface area contributed by atoms with Gasteiger partial charge in [0.2, 0.25) is 5.88 Å². The minimum atomic E-state index is -0.492. The number of hydrogen-bond donors (Lipinski definition) is 0. The number of hydrogen-bond acceptors (Lipinski definition) is 6. The lowest BCUT2D eigenvalue weighted by Crippen LogP contribution is -2.42. The monoisotopic (exact) mass is 516 g/mol. The summed E-state index contributed by atoms with van der Waals surface area (Å²) >= 11 is 0. The van der Waals surface area contributed by atoms with Gasteiger partial charge < -0.3 is 14.4 Å². The Morgan fingerprint density at radius 3 is 2.53 bits per heavy atom. The third kappa shape index (κ3) is 5.23. The van der Waals surface area contributed by atoms with Crippen molar-refractivity contribution in [3.05, 3.63) is 66.0 Å². The van der Waals surface area contributed by atoms with Crippen LogP contribution in [0.1, 0.15) is 69.8 Å². The zero-order chi connectivity index (χ0) is 27.0. The van der Waals surface area contributed by atoms with Gasteiger partial charge in [-0.3, -0.25) is 14.1 Å². The number of rotatable bonds is 5. The Hall–Kier alpha value is -3.88. The molecule has 1 amide bonds. The smallest absolute Gasteiger partial charge is 0.410 e. The van der Waals surface area contributed by atoms with Crippen LogP contribution in [-0.4, -0.2) is 53.8 Å². The number of fused-ring (bicyclic) bond motifs is 1. The van der Waals surface area contributed by atoms with Crippen LogP contribution >= 0.6 is 0 Å². The van der Waals surface area contributed by atoms with Gasteiger partial charge >= 0.3 is 6.09 Å². The average Bonchev–Trinajstić information content (AvgIpc) is 3.46. The Bertz CT molecular complexity index is 1430. The molecule has 0 aromatic carbocycles. The summed E-state index contributed by atoms with van der Waals surface area (Å²) < 4.78 is 16.1. The molecule has 0 radical (unpaired) electrons.